The van der Waals surface area contributed by atoms with E-state index in [1.54, 1.807) is 7.11 Å². The van der Waals surface area contributed by atoms with E-state index in [2.05, 4.69) is 23.2 Å². The standard InChI is InChI=1S/C14H22N2O2/c1-11-7-15-12(10-17)9-16(8-11)13-5-3-4-6-14(13)18-2/h3-6,11-12,15,17H,7-10H2,1-2H3. The van der Waals surface area contributed by atoms with Crippen LogP contribution in [0.1, 0.15) is 6.92 Å². The van der Waals surface area contributed by atoms with Crippen LogP contribution in [0.4, 0.5) is 5.69 Å². The number of aliphatic hydroxyl groups excluding tert-OH is 1. The molecular formula is C14H22N2O2. The van der Waals surface area contributed by atoms with Gasteiger partial charge in [0.2, 0.25) is 0 Å². The van der Waals surface area contributed by atoms with E-state index >= 15 is 0 Å². The van der Waals surface area contributed by atoms with E-state index in [0.717, 1.165) is 31.1 Å². The van der Waals surface area contributed by atoms with Crippen LogP contribution in [0.15, 0.2) is 24.3 Å². The molecule has 2 N–H and O–H groups in total. The van der Waals surface area contributed by atoms with Crippen LogP contribution >= 0.6 is 0 Å². The molecule has 0 aliphatic carbocycles. The summed E-state index contributed by atoms with van der Waals surface area (Å²) in [5, 5.41) is 12.8. The lowest BCUT2D eigenvalue weighted by molar-refractivity contribution is 0.247. The highest BCUT2D eigenvalue weighted by Gasteiger charge is 2.22. The summed E-state index contributed by atoms with van der Waals surface area (Å²) in [7, 11) is 1.70. The van der Waals surface area contributed by atoms with Crippen LogP contribution < -0.4 is 15.0 Å². The van der Waals surface area contributed by atoms with Gasteiger partial charge in [0, 0.05) is 19.1 Å². The number of nitrogens with zero attached hydrogens (tertiary/aromatic N) is 1. The van der Waals surface area contributed by atoms with E-state index in [-0.39, 0.29) is 12.6 Å². The van der Waals surface area contributed by atoms with Crippen LogP contribution in [0.5, 0.6) is 5.75 Å². The topological polar surface area (TPSA) is 44.7 Å². The SMILES string of the molecule is COc1ccccc1N1CC(C)CNC(CO)C1. The number of aliphatic hydroxyl groups is 1. The second kappa shape index (κ2) is 6.07. The number of anilines is 1. The average molecular weight is 250 g/mol. The molecule has 1 aliphatic heterocycles. The Morgan fingerprint density at radius 3 is 2.89 bits per heavy atom. The monoisotopic (exact) mass is 250 g/mol. The van der Waals surface area contributed by atoms with E-state index in [1.807, 2.05) is 18.2 Å². The highest BCUT2D eigenvalue weighted by Crippen LogP contribution is 2.29. The molecule has 0 bridgehead atoms. The molecule has 0 aromatic heterocycles. The number of para-hydroxylation sites is 2. The molecule has 2 unspecified atom stereocenters. The molecule has 0 radical (unpaired) electrons. The third-order valence-corrected chi connectivity index (χ3v) is 3.37. The molecule has 2 atom stereocenters. The molecule has 2 rings (SSSR count). The van der Waals surface area contributed by atoms with Crippen molar-refractivity contribution >= 4 is 5.69 Å². The first-order chi connectivity index (χ1) is 8.74. The van der Waals surface area contributed by atoms with Gasteiger partial charge in [-0.3, -0.25) is 0 Å². The summed E-state index contributed by atoms with van der Waals surface area (Å²) < 4.78 is 5.42. The number of methoxy groups -OCH3 is 1. The first kappa shape index (κ1) is 13.2. The van der Waals surface area contributed by atoms with E-state index in [9.17, 15) is 5.11 Å². The molecule has 4 heteroatoms. The van der Waals surface area contributed by atoms with Gasteiger partial charge in [-0.15, -0.1) is 0 Å². The third-order valence-electron chi connectivity index (χ3n) is 3.37. The summed E-state index contributed by atoms with van der Waals surface area (Å²) in [5.74, 6) is 1.44. The first-order valence-electron chi connectivity index (χ1n) is 6.46. The Morgan fingerprint density at radius 1 is 1.39 bits per heavy atom. The lowest BCUT2D eigenvalue weighted by Crippen LogP contribution is -2.40. The van der Waals surface area contributed by atoms with Gasteiger partial charge >= 0.3 is 0 Å². The fourth-order valence-electron chi connectivity index (χ4n) is 2.42. The van der Waals surface area contributed by atoms with Crippen molar-refractivity contribution in [3.8, 4) is 5.75 Å². The Labute approximate surface area is 109 Å². The minimum absolute atomic E-state index is 0.125. The predicted molar refractivity (Wildman–Crippen MR) is 73.2 cm³/mol. The third kappa shape index (κ3) is 2.94. The molecule has 18 heavy (non-hydrogen) atoms. The molecule has 0 spiro atoms. The number of hydrogen-bond acceptors (Lipinski definition) is 4. The minimum atomic E-state index is 0.125. The Balaban J connectivity index is 2.23. The van der Waals surface area contributed by atoms with Crippen molar-refractivity contribution < 1.29 is 9.84 Å². The molecule has 1 aromatic carbocycles. The van der Waals surface area contributed by atoms with Crippen molar-refractivity contribution in [2.75, 3.05) is 38.3 Å². The largest absolute Gasteiger partial charge is 0.495 e. The maximum atomic E-state index is 9.37. The summed E-state index contributed by atoms with van der Waals surface area (Å²) >= 11 is 0. The second-order valence-electron chi connectivity index (χ2n) is 4.97. The fraction of sp³-hybridized carbons (Fsp3) is 0.571. The normalized spacial score (nSPS) is 24.7. The smallest absolute Gasteiger partial charge is 0.142 e. The number of rotatable bonds is 3. The molecule has 1 fully saturated rings. The van der Waals surface area contributed by atoms with Crippen molar-refractivity contribution in [3.63, 3.8) is 0 Å². The lowest BCUT2D eigenvalue weighted by atomic mass is 10.1. The first-order valence-corrected chi connectivity index (χ1v) is 6.46. The molecule has 1 aromatic rings. The Kier molecular flexibility index (Phi) is 4.44. The highest BCUT2D eigenvalue weighted by atomic mass is 16.5. The Morgan fingerprint density at radius 2 is 2.17 bits per heavy atom. The van der Waals surface area contributed by atoms with Crippen molar-refractivity contribution in [2.24, 2.45) is 5.92 Å². The molecule has 1 saturated heterocycles. The summed E-state index contributed by atoms with van der Waals surface area (Å²) in [6.07, 6.45) is 0. The molecule has 0 amide bonds. The van der Waals surface area contributed by atoms with E-state index in [0.29, 0.717) is 5.92 Å². The van der Waals surface area contributed by atoms with Gasteiger partial charge in [-0.2, -0.15) is 0 Å². The molecule has 100 valence electrons. The molecule has 1 heterocycles. The zero-order chi connectivity index (χ0) is 13.0. The van der Waals surface area contributed by atoms with Gasteiger partial charge < -0.3 is 20.1 Å². The Bertz CT molecular complexity index is 384. The summed E-state index contributed by atoms with van der Waals surface area (Å²) in [6.45, 7) is 5.11. The molecule has 0 saturated carbocycles. The van der Waals surface area contributed by atoms with Gasteiger partial charge in [0.25, 0.3) is 0 Å². The second-order valence-corrected chi connectivity index (χ2v) is 4.97. The number of benzene rings is 1. The fourth-order valence-corrected chi connectivity index (χ4v) is 2.42. The Hall–Kier alpha value is -1.26. The van der Waals surface area contributed by atoms with Crippen LogP contribution in [0.2, 0.25) is 0 Å². The van der Waals surface area contributed by atoms with Crippen molar-refractivity contribution in [1.29, 1.82) is 0 Å². The summed E-state index contributed by atoms with van der Waals surface area (Å²) in [6, 6.07) is 8.18. The van der Waals surface area contributed by atoms with Gasteiger partial charge in [0.1, 0.15) is 5.75 Å². The van der Waals surface area contributed by atoms with Crippen LogP contribution in [0.3, 0.4) is 0 Å². The van der Waals surface area contributed by atoms with Gasteiger partial charge in [0.15, 0.2) is 0 Å². The van der Waals surface area contributed by atoms with Crippen LogP contribution in [0.25, 0.3) is 0 Å². The van der Waals surface area contributed by atoms with Crippen molar-refractivity contribution in [1.82, 2.24) is 5.32 Å². The van der Waals surface area contributed by atoms with Crippen LogP contribution in [-0.2, 0) is 0 Å². The van der Waals surface area contributed by atoms with Gasteiger partial charge in [-0.05, 0) is 24.6 Å². The van der Waals surface area contributed by atoms with Crippen LogP contribution in [0, 0.1) is 5.92 Å². The van der Waals surface area contributed by atoms with E-state index < -0.39 is 0 Å². The zero-order valence-electron chi connectivity index (χ0n) is 11.1. The lowest BCUT2D eigenvalue weighted by Gasteiger charge is -2.28. The average Bonchev–Trinajstić information content (AvgIpc) is 2.60. The zero-order valence-corrected chi connectivity index (χ0v) is 11.1. The molecule has 1 aliphatic rings. The minimum Gasteiger partial charge on any atom is -0.495 e. The maximum Gasteiger partial charge on any atom is 0.142 e. The maximum absolute atomic E-state index is 9.37. The predicted octanol–water partition coefficient (Wildman–Crippen LogP) is 1.10. The summed E-state index contributed by atoms with van der Waals surface area (Å²) in [4.78, 5) is 2.30. The van der Waals surface area contributed by atoms with Gasteiger partial charge in [-0.25, -0.2) is 0 Å². The van der Waals surface area contributed by atoms with E-state index in [4.69, 9.17) is 4.74 Å². The number of ether oxygens (including phenoxy) is 1. The van der Waals surface area contributed by atoms with Gasteiger partial charge in [0.05, 0.1) is 19.4 Å². The highest BCUT2D eigenvalue weighted by molar-refractivity contribution is 5.58. The quantitative estimate of drug-likeness (QED) is 0.843. The number of hydrogen-bond donors (Lipinski definition) is 2. The number of nitrogens with one attached hydrogen (secondary N) is 1. The van der Waals surface area contributed by atoms with E-state index in [1.165, 1.54) is 0 Å². The van der Waals surface area contributed by atoms with Crippen molar-refractivity contribution in [3.05, 3.63) is 24.3 Å². The summed E-state index contributed by atoms with van der Waals surface area (Å²) in [5.41, 5.74) is 1.11. The molecular weight excluding hydrogens is 228 g/mol. The van der Waals surface area contributed by atoms with Gasteiger partial charge in [-0.1, -0.05) is 19.1 Å². The van der Waals surface area contributed by atoms with Crippen molar-refractivity contribution in [2.45, 2.75) is 13.0 Å². The molecule has 4 nitrogen and oxygen atoms in total. The van der Waals surface area contributed by atoms with Crippen LogP contribution in [-0.4, -0.2) is 44.5 Å².